The first-order valence-electron chi connectivity index (χ1n) is 13.5. The molecule has 0 radical (unpaired) electrons. The Morgan fingerprint density at radius 1 is 1.21 bits per heavy atom. The summed E-state index contributed by atoms with van der Waals surface area (Å²) >= 11 is 7.76. The molecule has 1 aliphatic rings. The van der Waals surface area contributed by atoms with Gasteiger partial charge in [0.25, 0.3) is 0 Å². The van der Waals surface area contributed by atoms with E-state index in [9.17, 15) is 10.1 Å². The van der Waals surface area contributed by atoms with Gasteiger partial charge >= 0.3 is 6.09 Å². The third-order valence-corrected chi connectivity index (χ3v) is 7.63. The minimum Gasteiger partial charge on any atom is -0.490 e. The molecule has 0 N–H and O–H groups in total. The SMILES string of the molecule is CC(C)Oc1ccc(-c2nnc(-c3cc(F)c(OC[C@H]4[C@H](C)OC(C)(C)N4C(=O)OC(C)(C)C)cc3Cl)s2)cc1C#N. The fourth-order valence-corrected chi connectivity index (χ4v) is 5.78. The van der Waals surface area contributed by atoms with Crippen molar-refractivity contribution >= 4 is 29.0 Å². The van der Waals surface area contributed by atoms with Gasteiger partial charge < -0.3 is 18.9 Å². The maximum atomic E-state index is 15.3. The Morgan fingerprint density at radius 2 is 1.90 bits per heavy atom. The molecule has 2 atom stereocenters. The average molecular weight is 617 g/mol. The van der Waals surface area contributed by atoms with Crippen LogP contribution in [0.3, 0.4) is 0 Å². The summed E-state index contributed by atoms with van der Waals surface area (Å²) in [6, 6.07) is 9.41. The van der Waals surface area contributed by atoms with E-state index in [2.05, 4.69) is 16.3 Å². The smallest absolute Gasteiger partial charge is 0.413 e. The van der Waals surface area contributed by atoms with Crippen LogP contribution in [0.4, 0.5) is 9.18 Å². The van der Waals surface area contributed by atoms with Crippen LogP contribution in [0.1, 0.15) is 61.0 Å². The van der Waals surface area contributed by atoms with E-state index >= 15 is 4.39 Å². The van der Waals surface area contributed by atoms with Crippen molar-refractivity contribution in [3.05, 3.63) is 46.7 Å². The lowest BCUT2D eigenvalue weighted by Crippen LogP contribution is -2.52. The molecule has 1 fully saturated rings. The van der Waals surface area contributed by atoms with E-state index in [1.165, 1.54) is 28.4 Å². The van der Waals surface area contributed by atoms with E-state index < -0.39 is 35.4 Å². The Morgan fingerprint density at radius 3 is 2.55 bits per heavy atom. The fourth-order valence-electron chi connectivity index (χ4n) is 4.61. The molecule has 4 rings (SSSR count). The van der Waals surface area contributed by atoms with Crippen LogP contribution in [-0.4, -0.2) is 57.4 Å². The van der Waals surface area contributed by atoms with Gasteiger partial charge in [-0.3, -0.25) is 4.90 Å². The number of rotatable bonds is 7. The Labute approximate surface area is 254 Å². The monoisotopic (exact) mass is 616 g/mol. The predicted octanol–water partition coefficient (Wildman–Crippen LogP) is 7.46. The van der Waals surface area contributed by atoms with E-state index in [0.717, 1.165) is 0 Å². The number of nitriles is 1. The zero-order chi connectivity index (χ0) is 31.0. The summed E-state index contributed by atoms with van der Waals surface area (Å²) in [7, 11) is 0. The molecule has 0 aliphatic carbocycles. The number of aromatic nitrogens is 2. The number of carbonyl (C=O) groups is 1. The molecule has 9 nitrogen and oxygen atoms in total. The van der Waals surface area contributed by atoms with Crippen molar-refractivity contribution < 1.29 is 28.1 Å². The number of benzene rings is 2. The lowest BCUT2D eigenvalue weighted by Gasteiger charge is -2.35. The van der Waals surface area contributed by atoms with Gasteiger partial charge in [0.1, 0.15) is 39.8 Å². The lowest BCUT2D eigenvalue weighted by atomic mass is 10.1. The summed E-state index contributed by atoms with van der Waals surface area (Å²) in [5.74, 6) is -0.241. The number of halogens is 2. The van der Waals surface area contributed by atoms with Crippen molar-refractivity contribution in [3.8, 4) is 38.7 Å². The van der Waals surface area contributed by atoms with Crippen molar-refractivity contribution in [3.63, 3.8) is 0 Å². The first kappa shape index (κ1) is 31.5. The first-order valence-corrected chi connectivity index (χ1v) is 14.7. The molecule has 1 saturated heterocycles. The standard InChI is InChI=1S/C30H34ClFN4O5S/c1-16(2)39-24-10-9-18(11-19(24)14-33)26-34-35-27(42-26)20-12-22(32)25(13-21(20)31)38-15-23-17(3)40-30(7,8)36(23)28(37)41-29(4,5)6/h9-13,16-17,23H,15H2,1-8H3/t17-,23-/m0/s1. The highest BCUT2D eigenvalue weighted by molar-refractivity contribution is 7.18. The molecule has 1 amide bonds. The van der Waals surface area contributed by atoms with Gasteiger partial charge in [0, 0.05) is 17.2 Å². The summed E-state index contributed by atoms with van der Waals surface area (Å²) in [5.41, 5.74) is -0.248. The minimum atomic E-state index is -0.943. The zero-order valence-electron chi connectivity index (χ0n) is 24.8. The number of hydrogen-bond acceptors (Lipinski definition) is 9. The van der Waals surface area contributed by atoms with Gasteiger partial charge in [-0.1, -0.05) is 22.9 Å². The summed E-state index contributed by atoms with van der Waals surface area (Å²) < 4.78 is 38.4. The number of hydrogen-bond donors (Lipinski definition) is 0. The van der Waals surface area contributed by atoms with Gasteiger partial charge in [-0.25, -0.2) is 9.18 Å². The quantitative estimate of drug-likeness (QED) is 0.269. The van der Waals surface area contributed by atoms with Crippen LogP contribution in [0.2, 0.25) is 5.02 Å². The van der Waals surface area contributed by atoms with Crippen molar-refractivity contribution in [1.29, 1.82) is 5.26 Å². The van der Waals surface area contributed by atoms with Gasteiger partial charge in [0.15, 0.2) is 11.6 Å². The number of nitrogens with zero attached hydrogens (tertiary/aromatic N) is 4. The largest absolute Gasteiger partial charge is 0.490 e. The van der Waals surface area contributed by atoms with Gasteiger partial charge in [0.2, 0.25) is 0 Å². The molecular weight excluding hydrogens is 583 g/mol. The zero-order valence-corrected chi connectivity index (χ0v) is 26.4. The summed E-state index contributed by atoms with van der Waals surface area (Å²) in [6.07, 6.45) is -1.02. The first-order chi connectivity index (χ1) is 19.6. The highest BCUT2D eigenvalue weighted by Gasteiger charge is 2.50. The second-order valence-corrected chi connectivity index (χ2v) is 13.0. The molecule has 2 aromatic carbocycles. The Kier molecular flexibility index (Phi) is 9.02. The highest BCUT2D eigenvalue weighted by Crippen LogP contribution is 2.39. The molecule has 1 aliphatic heterocycles. The lowest BCUT2D eigenvalue weighted by molar-refractivity contribution is -0.0760. The minimum absolute atomic E-state index is 0.0445. The van der Waals surface area contributed by atoms with Gasteiger partial charge in [-0.2, -0.15) is 5.26 Å². The van der Waals surface area contributed by atoms with Crippen molar-refractivity contribution in [1.82, 2.24) is 15.1 Å². The van der Waals surface area contributed by atoms with Crippen molar-refractivity contribution in [2.45, 2.75) is 85.0 Å². The van der Waals surface area contributed by atoms with E-state index in [0.29, 0.717) is 32.5 Å². The van der Waals surface area contributed by atoms with Crippen LogP contribution in [0.25, 0.3) is 21.1 Å². The van der Waals surface area contributed by atoms with E-state index in [4.69, 9.17) is 30.5 Å². The van der Waals surface area contributed by atoms with E-state index in [-0.39, 0.29) is 23.5 Å². The second kappa shape index (κ2) is 12.0. The maximum Gasteiger partial charge on any atom is 0.413 e. The van der Waals surface area contributed by atoms with Crippen LogP contribution in [0, 0.1) is 17.1 Å². The molecule has 2 heterocycles. The molecule has 1 aromatic heterocycles. The third-order valence-electron chi connectivity index (χ3n) is 6.31. The Balaban J connectivity index is 1.53. The van der Waals surface area contributed by atoms with Crippen LogP contribution < -0.4 is 9.47 Å². The molecule has 0 saturated carbocycles. The Hall–Kier alpha value is -3.46. The number of carbonyl (C=O) groups excluding carboxylic acids is 1. The summed E-state index contributed by atoms with van der Waals surface area (Å²) in [6.45, 7) is 14.4. The van der Waals surface area contributed by atoms with Gasteiger partial charge in [-0.05, 0) is 79.7 Å². The average Bonchev–Trinajstić information content (AvgIpc) is 3.44. The topological polar surface area (TPSA) is 107 Å². The number of ether oxygens (including phenoxy) is 4. The molecule has 3 aromatic rings. The molecule has 0 spiro atoms. The van der Waals surface area contributed by atoms with Crippen molar-refractivity contribution in [2.75, 3.05) is 6.61 Å². The molecule has 42 heavy (non-hydrogen) atoms. The normalized spacial score (nSPS) is 18.2. The third kappa shape index (κ3) is 6.94. The summed E-state index contributed by atoms with van der Waals surface area (Å²) in [4.78, 5) is 14.5. The summed E-state index contributed by atoms with van der Waals surface area (Å²) in [5, 5.41) is 19.1. The predicted molar refractivity (Wildman–Crippen MR) is 158 cm³/mol. The Bertz CT molecular complexity index is 1510. The second-order valence-electron chi connectivity index (χ2n) is 11.7. The van der Waals surface area contributed by atoms with Crippen molar-refractivity contribution in [2.24, 2.45) is 0 Å². The van der Waals surface area contributed by atoms with Crippen LogP contribution in [-0.2, 0) is 9.47 Å². The molecule has 0 bridgehead atoms. The van der Waals surface area contributed by atoms with E-state index in [1.54, 1.807) is 52.8 Å². The number of amides is 1. The molecule has 12 heteroatoms. The van der Waals surface area contributed by atoms with E-state index in [1.807, 2.05) is 20.8 Å². The van der Waals surface area contributed by atoms with Crippen LogP contribution in [0.5, 0.6) is 11.5 Å². The van der Waals surface area contributed by atoms with Crippen LogP contribution in [0.15, 0.2) is 30.3 Å². The maximum absolute atomic E-state index is 15.3. The molecular formula is C30H34ClFN4O5S. The molecule has 224 valence electrons. The highest BCUT2D eigenvalue weighted by atomic mass is 35.5. The van der Waals surface area contributed by atoms with Crippen LogP contribution >= 0.6 is 22.9 Å². The molecule has 0 unspecified atom stereocenters. The fraction of sp³-hybridized carbons (Fsp3) is 0.467. The van der Waals surface area contributed by atoms with Gasteiger partial charge in [-0.15, -0.1) is 10.2 Å². The van der Waals surface area contributed by atoms with Gasteiger partial charge in [0.05, 0.1) is 28.8 Å².